The fourth-order valence-electron chi connectivity index (χ4n) is 3.92. The van der Waals surface area contributed by atoms with Gasteiger partial charge in [0.2, 0.25) is 6.79 Å². The van der Waals surface area contributed by atoms with Crippen LogP contribution in [-0.4, -0.2) is 40.9 Å². The maximum Gasteiger partial charge on any atom is 0.432 e. The van der Waals surface area contributed by atoms with Crippen LogP contribution in [-0.2, 0) is 12.6 Å². The number of aromatic amines is 1. The average molecular weight is 395 g/mol. The summed E-state index contributed by atoms with van der Waals surface area (Å²) in [4.78, 5) is 14.3. The molecule has 0 unspecified atom stereocenters. The van der Waals surface area contributed by atoms with Gasteiger partial charge in [-0.2, -0.15) is 18.3 Å². The second-order valence-corrected chi connectivity index (χ2v) is 7.67. The van der Waals surface area contributed by atoms with Gasteiger partial charge in [0.25, 0.3) is 5.91 Å². The number of nitrogens with zero attached hydrogens (tertiary/aromatic N) is 2. The first kappa shape index (κ1) is 18.6. The summed E-state index contributed by atoms with van der Waals surface area (Å²) in [5.74, 6) is 0.942. The van der Waals surface area contributed by atoms with Crippen molar-refractivity contribution in [1.82, 2.24) is 15.1 Å². The number of alkyl halides is 3. The Morgan fingerprint density at radius 1 is 1.29 bits per heavy atom. The van der Waals surface area contributed by atoms with Crippen molar-refractivity contribution < 1.29 is 27.4 Å². The lowest BCUT2D eigenvalue weighted by Crippen LogP contribution is -2.45. The molecule has 4 rings (SSSR count). The molecule has 6 nitrogen and oxygen atoms in total. The van der Waals surface area contributed by atoms with Crippen molar-refractivity contribution in [3.05, 3.63) is 41.2 Å². The molecule has 0 saturated carbocycles. The molecular weight excluding hydrogens is 375 g/mol. The first-order valence-electron chi connectivity index (χ1n) is 9.04. The molecule has 0 radical (unpaired) electrons. The van der Waals surface area contributed by atoms with E-state index < -0.39 is 17.8 Å². The molecule has 0 aliphatic carbocycles. The lowest BCUT2D eigenvalue weighted by molar-refractivity contribution is -0.141. The van der Waals surface area contributed by atoms with E-state index in [1.807, 2.05) is 23.3 Å². The van der Waals surface area contributed by atoms with Crippen molar-refractivity contribution in [2.45, 2.75) is 32.4 Å². The summed E-state index contributed by atoms with van der Waals surface area (Å²) in [5, 5.41) is 5.46. The Hall–Kier alpha value is -2.71. The number of nitrogens with one attached hydrogen (secondary N) is 1. The number of rotatable bonds is 3. The third kappa shape index (κ3) is 3.65. The summed E-state index contributed by atoms with van der Waals surface area (Å²) >= 11 is 0. The molecular formula is C19H20F3N3O3. The van der Waals surface area contributed by atoms with Gasteiger partial charge in [-0.1, -0.05) is 13.0 Å². The number of ether oxygens (including phenoxy) is 2. The van der Waals surface area contributed by atoms with E-state index >= 15 is 0 Å². The van der Waals surface area contributed by atoms with Crippen molar-refractivity contribution in [3.8, 4) is 11.5 Å². The number of benzene rings is 1. The first-order chi connectivity index (χ1) is 13.2. The molecule has 1 fully saturated rings. The zero-order valence-corrected chi connectivity index (χ0v) is 15.3. The van der Waals surface area contributed by atoms with Crippen molar-refractivity contribution >= 4 is 5.91 Å². The summed E-state index contributed by atoms with van der Waals surface area (Å²) in [6.45, 7) is 3.25. The Morgan fingerprint density at radius 3 is 2.82 bits per heavy atom. The van der Waals surface area contributed by atoms with E-state index in [0.717, 1.165) is 30.9 Å². The van der Waals surface area contributed by atoms with Gasteiger partial charge in [0.1, 0.15) is 5.69 Å². The van der Waals surface area contributed by atoms with Crippen molar-refractivity contribution in [3.63, 3.8) is 0 Å². The number of carbonyl (C=O) groups is 1. The SMILES string of the molecule is C[C@@]1(Cc2ccc3c(c2)OCO3)CCCN(C(=O)c2cc(C(F)(F)F)[nH]n2)C1. The number of hydrogen-bond acceptors (Lipinski definition) is 4. The zero-order chi connectivity index (χ0) is 19.9. The Bertz CT molecular complexity index is 896. The smallest absolute Gasteiger partial charge is 0.432 e. The van der Waals surface area contributed by atoms with Crippen LogP contribution >= 0.6 is 0 Å². The molecule has 1 saturated heterocycles. The topological polar surface area (TPSA) is 67.5 Å². The molecule has 1 aromatic carbocycles. The van der Waals surface area contributed by atoms with Crippen LogP contribution in [0.5, 0.6) is 11.5 Å². The highest BCUT2D eigenvalue weighted by atomic mass is 19.4. The minimum atomic E-state index is -4.55. The van der Waals surface area contributed by atoms with Crippen LogP contribution in [0.15, 0.2) is 24.3 Å². The van der Waals surface area contributed by atoms with Crippen LogP contribution in [0.3, 0.4) is 0 Å². The van der Waals surface area contributed by atoms with E-state index in [-0.39, 0.29) is 17.9 Å². The van der Waals surface area contributed by atoms with Crippen LogP contribution in [0.4, 0.5) is 13.2 Å². The minimum Gasteiger partial charge on any atom is -0.454 e. The number of H-pyrrole nitrogens is 1. The van der Waals surface area contributed by atoms with Gasteiger partial charge in [0.05, 0.1) is 0 Å². The predicted molar refractivity (Wildman–Crippen MR) is 93.1 cm³/mol. The summed E-state index contributed by atoms with van der Waals surface area (Å²) in [6, 6.07) is 6.56. The maximum atomic E-state index is 12.8. The van der Waals surface area contributed by atoms with Crippen LogP contribution in [0.2, 0.25) is 0 Å². The number of hydrogen-bond donors (Lipinski definition) is 1. The largest absolute Gasteiger partial charge is 0.454 e. The van der Waals surface area contributed by atoms with Crippen LogP contribution in [0, 0.1) is 5.41 Å². The molecule has 3 heterocycles. The maximum absolute atomic E-state index is 12.8. The van der Waals surface area contributed by atoms with Gasteiger partial charge in [-0.15, -0.1) is 0 Å². The summed E-state index contributed by atoms with van der Waals surface area (Å²) in [6.07, 6.45) is -2.13. The highest BCUT2D eigenvalue weighted by molar-refractivity contribution is 5.92. The predicted octanol–water partition coefficient (Wildman–Crippen LogP) is 3.64. The minimum absolute atomic E-state index is 0.190. The van der Waals surface area contributed by atoms with E-state index in [9.17, 15) is 18.0 Å². The quantitative estimate of drug-likeness (QED) is 0.862. The molecule has 9 heteroatoms. The van der Waals surface area contributed by atoms with E-state index in [0.29, 0.717) is 24.6 Å². The molecule has 150 valence electrons. The number of carbonyl (C=O) groups excluding carboxylic acids is 1. The van der Waals surface area contributed by atoms with Crippen LogP contribution in [0.1, 0.15) is 41.5 Å². The summed E-state index contributed by atoms with van der Waals surface area (Å²) in [5.41, 5.74) is -0.346. The third-order valence-electron chi connectivity index (χ3n) is 5.24. The molecule has 1 aromatic heterocycles. The van der Waals surface area contributed by atoms with Crippen molar-refractivity contribution in [2.24, 2.45) is 5.41 Å². The molecule has 2 aliphatic rings. The van der Waals surface area contributed by atoms with Gasteiger partial charge in [-0.05, 0) is 42.4 Å². The highest BCUT2D eigenvalue weighted by Crippen LogP contribution is 2.38. The van der Waals surface area contributed by atoms with E-state index in [1.54, 1.807) is 4.90 Å². The highest BCUT2D eigenvalue weighted by Gasteiger charge is 2.37. The third-order valence-corrected chi connectivity index (χ3v) is 5.24. The lowest BCUT2D eigenvalue weighted by Gasteiger charge is -2.40. The number of aromatic nitrogens is 2. The van der Waals surface area contributed by atoms with E-state index in [1.165, 1.54) is 0 Å². The molecule has 28 heavy (non-hydrogen) atoms. The lowest BCUT2D eigenvalue weighted by atomic mass is 9.77. The standard InChI is InChI=1S/C19H20F3N3O3/c1-18(9-12-3-4-14-15(7-12)28-11-27-14)5-2-6-25(10-18)17(26)13-8-16(24-23-13)19(20,21)22/h3-4,7-8H,2,5-6,9-11H2,1H3,(H,23,24)/t18-/m0/s1. The van der Waals surface area contributed by atoms with Crippen molar-refractivity contribution in [1.29, 1.82) is 0 Å². The normalized spacial score (nSPS) is 21.8. The van der Waals surface area contributed by atoms with Gasteiger partial charge >= 0.3 is 6.18 Å². The average Bonchev–Trinajstić information content (AvgIpc) is 3.29. The first-order valence-corrected chi connectivity index (χ1v) is 9.04. The van der Waals surface area contributed by atoms with Gasteiger partial charge in [0, 0.05) is 19.2 Å². The second kappa shape index (κ2) is 6.72. The fraction of sp³-hybridized carbons (Fsp3) is 0.474. The number of piperidine rings is 1. The van der Waals surface area contributed by atoms with Gasteiger partial charge in [-0.25, -0.2) is 0 Å². The number of fused-ring (bicyclic) bond motifs is 1. The monoisotopic (exact) mass is 395 g/mol. The number of halogens is 3. The zero-order valence-electron chi connectivity index (χ0n) is 15.3. The fourth-order valence-corrected chi connectivity index (χ4v) is 3.92. The van der Waals surface area contributed by atoms with Crippen molar-refractivity contribution in [2.75, 3.05) is 19.9 Å². The van der Waals surface area contributed by atoms with E-state index in [4.69, 9.17) is 9.47 Å². The van der Waals surface area contributed by atoms with E-state index in [2.05, 4.69) is 12.0 Å². The number of likely N-dealkylation sites (tertiary alicyclic amines) is 1. The Kier molecular flexibility index (Phi) is 4.47. The Balaban J connectivity index is 1.47. The summed E-state index contributed by atoms with van der Waals surface area (Å²) < 4.78 is 49.0. The molecule has 1 amide bonds. The Morgan fingerprint density at radius 2 is 2.07 bits per heavy atom. The molecule has 0 bridgehead atoms. The van der Waals surface area contributed by atoms with Crippen LogP contribution < -0.4 is 9.47 Å². The molecule has 1 N–H and O–H groups in total. The van der Waals surface area contributed by atoms with Crippen LogP contribution in [0.25, 0.3) is 0 Å². The van der Waals surface area contributed by atoms with Gasteiger partial charge in [-0.3, -0.25) is 9.89 Å². The molecule has 0 spiro atoms. The molecule has 1 atom stereocenters. The summed E-state index contributed by atoms with van der Waals surface area (Å²) in [7, 11) is 0. The molecule has 2 aliphatic heterocycles. The van der Waals surface area contributed by atoms with Gasteiger partial charge < -0.3 is 14.4 Å². The van der Waals surface area contributed by atoms with Gasteiger partial charge in [0.15, 0.2) is 17.2 Å². The second-order valence-electron chi connectivity index (χ2n) is 7.67. The Labute approximate surface area is 159 Å². The number of amides is 1. The molecule has 2 aromatic rings.